The van der Waals surface area contributed by atoms with Gasteiger partial charge in [-0.15, -0.1) is 0 Å². The predicted octanol–water partition coefficient (Wildman–Crippen LogP) is 4.21. The fourth-order valence-corrected chi connectivity index (χ4v) is 3.79. The molecule has 2 rings (SSSR count). The van der Waals surface area contributed by atoms with Crippen molar-refractivity contribution in [1.82, 2.24) is 5.32 Å². The predicted molar refractivity (Wildman–Crippen MR) is 113 cm³/mol. The number of rotatable bonds is 11. The summed E-state index contributed by atoms with van der Waals surface area (Å²) >= 11 is 0. The first-order chi connectivity index (χ1) is 13.5. The van der Waals surface area contributed by atoms with Crippen LogP contribution in [-0.2, 0) is 14.3 Å². The summed E-state index contributed by atoms with van der Waals surface area (Å²) in [5.74, 6) is 1.19. The Bertz CT molecular complexity index is 610. The Morgan fingerprint density at radius 1 is 1.04 bits per heavy atom. The van der Waals surface area contributed by atoms with Crippen molar-refractivity contribution in [3.63, 3.8) is 0 Å². The average Bonchev–Trinajstić information content (AvgIpc) is 2.72. The van der Waals surface area contributed by atoms with E-state index in [1.165, 1.54) is 5.56 Å². The van der Waals surface area contributed by atoms with Crippen LogP contribution in [0.3, 0.4) is 0 Å². The molecule has 0 heterocycles. The van der Waals surface area contributed by atoms with E-state index < -0.39 is 0 Å². The number of hydrogen-bond acceptors (Lipinski definition) is 4. The lowest BCUT2D eigenvalue weighted by molar-refractivity contribution is -0.126. The van der Waals surface area contributed by atoms with E-state index in [0.717, 1.165) is 25.7 Å². The monoisotopic (exact) mass is 391 g/mol. The van der Waals surface area contributed by atoms with E-state index in [1.807, 2.05) is 32.9 Å². The van der Waals surface area contributed by atoms with Crippen LogP contribution in [0.5, 0.6) is 0 Å². The van der Waals surface area contributed by atoms with Crippen LogP contribution in [0.15, 0.2) is 24.3 Å². The molecule has 1 fully saturated rings. The van der Waals surface area contributed by atoms with Crippen LogP contribution in [0.1, 0.15) is 69.7 Å². The summed E-state index contributed by atoms with van der Waals surface area (Å²) in [6.07, 6.45) is 4.06. The van der Waals surface area contributed by atoms with Crippen LogP contribution in [0.2, 0.25) is 0 Å². The van der Waals surface area contributed by atoms with Gasteiger partial charge in [-0.1, -0.05) is 26.0 Å². The minimum atomic E-state index is -0.0776. The van der Waals surface area contributed by atoms with Gasteiger partial charge in [0, 0.05) is 32.0 Å². The lowest BCUT2D eigenvalue weighted by Crippen LogP contribution is -2.27. The Morgan fingerprint density at radius 3 is 2.29 bits per heavy atom. The van der Waals surface area contributed by atoms with Crippen molar-refractivity contribution in [1.29, 1.82) is 0 Å². The normalized spacial score (nSPS) is 19.6. The Kier molecular flexibility index (Phi) is 9.65. The van der Waals surface area contributed by atoms with Gasteiger partial charge in [0.1, 0.15) is 5.78 Å². The summed E-state index contributed by atoms with van der Waals surface area (Å²) in [6, 6.07) is 7.91. The number of ether oxygens (including phenoxy) is 2. The number of ketones is 1. The van der Waals surface area contributed by atoms with Gasteiger partial charge in [-0.3, -0.25) is 9.59 Å². The molecule has 1 aliphatic rings. The molecule has 1 amide bonds. The fraction of sp³-hybridized carbons (Fsp3) is 0.652. The Balaban J connectivity index is 0.00000420. The zero-order valence-corrected chi connectivity index (χ0v) is 17.5. The molecule has 0 spiro atoms. The van der Waals surface area contributed by atoms with E-state index in [9.17, 15) is 9.59 Å². The van der Waals surface area contributed by atoms with E-state index in [-0.39, 0.29) is 19.2 Å². The van der Waals surface area contributed by atoms with Crippen molar-refractivity contribution in [2.45, 2.75) is 52.4 Å². The summed E-state index contributed by atoms with van der Waals surface area (Å²) in [5, 5.41) is 2.88. The third kappa shape index (κ3) is 7.02. The molecule has 1 aromatic carbocycles. The Hall–Kier alpha value is -1.72. The van der Waals surface area contributed by atoms with Crippen LogP contribution in [0.25, 0.3) is 0 Å². The maximum atomic E-state index is 12.2. The third-order valence-corrected chi connectivity index (χ3v) is 5.45. The molecule has 0 radical (unpaired) electrons. The molecule has 5 nitrogen and oxygen atoms in total. The highest BCUT2D eigenvalue weighted by atomic mass is 16.5. The van der Waals surface area contributed by atoms with Gasteiger partial charge >= 0.3 is 0 Å². The highest BCUT2D eigenvalue weighted by Gasteiger charge is 2.28. The molecule has 5 heteroatoms. The van der Waals surface area contributed by atoms with E-state index in [2.05, 4.69) is 17.4 Å². The highest BCUT2D eigenvalue weighted by molar-refractivity contribution is 5.94. The first-order valence-corrected chi connectivity index (χ1v) is 10.6. The molecule has 1 N–H and O–H groups in total. The van der Waals surface area contributed by atoms with Crippen LogP contribution < -0.4 is 5.32 Å². The molecule has 1 aromatic rings. The van der Waals surface area contributed by atoms with Crippen molar-refractivity contribution in [2.24, 2.45) is 11.8 Å². The molecule has 0 atom stereocenters. The summed E-state index contributed by atoms with van der Waals surface area (Å²) < 4.78 is 10.6. The van der Waals surface area contributed by atoms with Gasteiger partial charge in [-0.25, -0.2) is 0 Å². The zero-order chi connectivity index (χ0) is 20.4. The zero-order valence-electron chi connectivity index (χ0n) is 17.5. The van der Waals surface area contributed by atoms with Crippen molar-refractivity contribution in [3.05, 3.63) is 35.4 Å². The van der Waals surface area contributed by atoms with Crippen molar-refractivity contribution >= 4 is 11.7 Å². The van der Waals surface area contributed by atoms with Crippen molar-refractivity contribution in [3.8, 4) is 0 Å². The lowest BCUT2D eigenvalue weighted by Gasteiger charge is -2.29. The molecule has 0 aliphatic heterocycles. The number of amides is 1. The Labute approximate surface area is 170 Å². The van der Waals surface area contributed by atoms with E-state index in [4.69, 9.17) is 9.47 Å². The van der Waals surface area contributed by atoms with E-state index in [0.29, 0.717) is 50.2 Å². The van der Waals surface area contributed by atoms with Gasteiger partial charge in [-0.2, -0.15) is 0 Å². The van der Waals surface area contributed by atoms with E-state index >= 15 is 0 Å². The molecule has 28 heavy (non-hydrogen) atoms. The molecule has 0 aromatic heterocycles. The van der Waals surface area contributed by atoms with Gasteiger partial charge in [0.05, 0.1) is 19.8 Å². The van der Waals surface area contributed by atoms with Gasteiger partial charge in [-0.05, 0) is 56.2 Å². The largest absolute Gasteiger partial charge is 0.379 e. The first kappa shape index (κ1) is 22.6. The van der Waals surface area contributed by atoms with Crippen molar-refractivity contribution in [2.75, 3.05) is 33.0 Å². The lowest BCUT2D eigenvalue weighted by atomic mass is 9.75. The number of Topliss-reactive ketones (excluding diaryl/α,β-unsaturated/α-hetero) is 1. The summed E-state index contributed by atoms with van der Waals surface area (Å²) in [6.45, 7) is 8.72. The van der Waals surface area contributed by atoms with Crippen molar-refractivity contribution < 1.29 is 20.5 Å². The van der Waals surface area contributed by atoms with Gasteiger partial charge in [0.15, 0.2) is 0 Å². The molecule has 1 saturated carbocycles. The summed E-state index contributed by atoms with van der Waals surface area (Å²) in [7, 11) is 0. The number of nitrogens with one attached hydrogen (secondary N) is 1. The second kappa shape index (κ2) is 12.0. The van der Waals surface area contributed by atoms with Crippen LogP contribution in [0.4, 0.5) is 0 Å². The number of carbonyl (C=O) groups is 2. The van der Waals surface area contributed by atoms with Gasteiger partial charge in [0.25, 0.3) is 5.91 Å². The minimum absolute atomic E-state index is 0. The average molecular weight is 392 g/mol. The summed E-state index contributed by atoms with van der Waals surface area (Å²) in [5.41, 5.74) is 1.94. The first-order valence-electron chi connectivity index (χ1n) is 10.6. The highest BCUT2D eigenvalue weighted by Crippen LogP contribution is 2.37. The second-order valence-electron chi connectivity index (χ2n) is 7.79. The smallest absolute Gasteiger partial charge is 0.251 e. The Morgan fingerprint density at radius 2 is 1.68 bits per heavy atom. The molecular weight excluding hydrogens is 354 g/mol. The molecule has 158 valence electrons. The number of carbonyl (C=O) groups excluding carboxylic acids is 2. The molecule has 0 unspecified atom stereocenters. The van der Waals surface area contributed by atoms with Crippen LogP contribution in [0, 0.1) is 11.8 Å². The second-order valence-corrected chi connectivity index (χ2v) is 7.79. The molecule has 0 bridgehead atoms. The number of hydrogen-bond donors (Lipinski definition) is 1. The molecule has 0 saturated heterocycles. The van der Waals surface area contributed by atoms with Crippen LogP contribution in [-0.4, -0.2) is 44.7 Å². The maximum absolute atomic E-state index is 12.2. The topological polar surface area (TPSA) is 64.6 Å². The molecular formula is C23H37NO4. The maximum Gasteiger partial charge on any atom is 0.251 e. The standard InChI is InChI=1S/C23H35NO4.H2/c1-4-27-15-16-28-14-13-24-23(26)21-11-7-19(8-12-21)18-5-9-20(10-6-18)22(25)17(2)3;/h7-8,11-12,17-18,20H,4-6,9-10,13-16H2,1-3H3,(H,24,26);1H. The van der Waals surface area contributed by atoms with Crippen LogP contribution >= 0.6 is 0 Å². The number of benzene rings is 1. The third-order valence-electron chi connectivity index (χ3n) is 5.45. The molecule has 1 aliphatic carbocycles. The van der Waals surface area contributed by atoms with E-state index in [1.54, 1.807) is 0 Å². The fourth-order valence-electron chi connectivity index (χ4n) is 3.79. The van der Waals surface area contributed by atoms with Gasteiger partial charge in [0.2, 0.25) is 0 Å². The van der Waals surface area contributed by atoms with Gasteiger partial charge < -0.3 is 14.8 Å². The SMILES string of the molecule is CCOCCOCCNC(=O)c1ccc(C2CCC(C(=O)C(C)C)CC2)cc1.[HH]. The minimum Gasteiger partial charge on any atom is -0.379 e. The quantitative estimate of drug-likeness (QED) is 0.574. The summed E-state index contributed by atoms with van der Waals surface area (Å²) in [4.78, 5) is 24.4.